The molecule has 0 radical (unpaired) electrons. The summed E-state index contributed by atoms with van der Waals surface area (Å²) in [5.41, 5.74) is 0. The molecule has 0 aromatic carbocycles. The van der Waals surface area contributed by atoms with Gasteiger partial charge in [-0.1, -0.05) is 12.8 Å². The van der Waals surface area contributed by atoms with Crippen LogP contribution >= 0.6 is 0 Å². The van der Waals surface area contributed by atoms with E-state index in [-0.39, 0.29) is 4.90 Å². The van der Waals surface area contributed by atoms with Crippen LogP contribution in [0.1, 0.15) is 25.7 Å². The van der Waals surface area contributed by atoms with Gasteiger partial charge in [-0.3, -0.25) is 4.68 Å². The van der Waals surface area contributed by atoms with Crippen LogP contribution in [-0.2, 0) is 16.6 Å². The highest BCUT2D eigenvalue weighted by molar-refractivity contribution is 7.89. The van der Waals surface area contributed by atoms with Crippen molar-refractivity contribution in [2.45, 2.75) is 37.1 Å². The Bertz CT molecular complexity index is 520. The van der Waals surface area contributed by atoms with Gasteiger partial charge in [-0.15, -0.1) is 0 Å². The molecule has 2 rings (SSSR count). The molecule has 1 aliphatic carbocycles. The molecule has 0 saturated heterocycles. The lowest BCUT2D eigenvalue weighted by atomic mass is 10.1. The molecule has 0 aliphatic heterocycles. The molecule has 6 nitrogen and oxygen atoms in total. The second-order valence-electron chi connectivity index (χ2n) is 5.48. The van der Waals surface area contributed by atoms with Crippen LogP contribution in [0.25, 0.3) is 0 Å². The van der Waals surface area contributed by atoms with Gasteiger partial charge in [0.15, 0.2) is 0 Å². The van der Waals surface area contributed by atoms with Gasteiger partial charge in [-0.2, -0.15) is 5.10 Å². The highest BCUT2D eigenvalue weighted by Crippen LogP contribution is 2.26. The average molecular weight is 300 g/mol. The van der Waals surface area contributed by atoms with Crippen molar-refractivity contribution < 1.29 is 8.42 Å². The first kappa shape index (κ1) is 15.5. The standard InChI is InChI=1S/C13H24N4O2S/c1-14-7-8-17-11-13(9-15-17)20(18,19)16(2)10-12-5-3-4-6-12/h9,11-12,14H,3-8,10H2,1-2H3. The fraction of sp³-hybridized carbons (Fsp3) is 0.769. The number of aromatic nitrogens is 2. The van der Waals surface area contributed by atoms with Gasteiger partial charge in [-0.05, 0) is 25.8 Å². The monoisotopic (exact) mass is 300 g/mol. The van der Waals surface area contributed by atoms with Crippen LogP contribution in [0, 0.1) is 5.92 Å². The van der Waals surface area contributed by atoms with E-state index in [1.165, 1.54) is 23.3 Å². The molecule has 1 saturated carbocycles. The Morgan fingerprint density at radius 2 is 2.15 bits per heavy atom. The zero-order valence-corrected chi connectivity index (χ0v) is 13.1. The summed E-state index contributed by atoms with van der Waals surface area (Å²) in [5.74, 6) is 0.508. The van der Waals surface area contributed by atoms with Crippen LogP contribution in [-0.4, -0.2) is 49.7 Å². The minimum atomic E-state index is -3.40. The number of hydrogen-bond acceptors (Lipinski definition) is 4. The summed E-state index contributed by atoms with van der Waals surface area (Å²) in [6.07, 6.45) is 7.78. The van der Waals surface area contributed by atoms with Crippen LogP contribution in [0.15, 0.2) is 17.3 Å². The molecule has 1 fully saturated rings. The van der Waals surface area contributed by atoms with Gasteiger partial charge in [0, 0.05) is 26.3 Å². The van der Waals surface area contributed by atoms with Gasteiger partial charge in [0.25, 0.3) is 0 Å². The summed E-state index contributed by atoms with van der Waals surface area (Å²) < 4.78 is 28.1. The number of nitrogens with one attached hydrogen (secondary N) is 1. The van der Waals surface area contributed by atoms with Crippen molar-refractivity contribution in [3.05, 3.63) is 12.4 Å². The van der Waals surface area contributed by atoms with E-state index in [1.54, 1.807) is 17.9 Å². The van der Waals surface area contributed by atoms with Gasteiger partial charge in [0.2, 0.25) is 10.0 Å². The zero-order valence-electron chi connectivity index (χ0n) is 12.2. The van der Waals surface area contributed by atoms with Crippen molar-refractivity contribution in [3.63, 3.8) is 0 Å². The third-order valence-electron chi connectivity index (χ3n) is 3.90. The molecule has 1 aliphatic rings. The summed E-state index contributed by atoms with van der Waals surface area (Å²) >= 11 is 0. The van der Waals surface area contributed by atoms with E-state index in [0.717, 1.165) is 19.4 Å². The van der Waals surface area contributed by atoms with E-state index in [0.29, 0.717) is 19.0 Å². The number of sulfonamides is 1. The summed E-state index contributed by atoms with van der Waals surface area (Å²) in [6.45, 7) is 2.04. The molecule has 0 unspecified atom stereocenters. The maximum absolute atomic E-state index is 12.5. The summed E-state index contributed by atoms with van der Waals surface area (Å²) in [4.78, 5) is 0.286. The van der Waals surface area contributed by atoms with E-state index in [9.17, 15) is 8.42 Å². The van der Waals surface area contributed by atoms with Crippen molar-refractivity contribution in [2.24, 2.45) is 5.92 Å². The Kier molecular flexibility index (Phi) is 5.17. The molecule has 20 heavy (non-hydrogen) atoms. The SMILES string of the molecule is CNCCn1cc(S(=O)(=O)N(C)CC2CCCC2)cn1. The Morgan fingerprint density at radius 1 is 1.45 bits per heavy atom. The fourth-order valence-electron chi connectivity index (χ4n) is 2.66. The zero-order chi connectivity index (χ0) is 14.6. The summed E-state index contributed by atoms with van der Waals surface area (Å²) in [7, 11) is 0.122. The Labute approximate surface area is 121 Å². The number of hydrogen-bond donors (Lipinski definition) is 1. The molecule has 7 heteroatoms. The molecule has 0 amide bonds. The second-order valence-corrected chi connectivity index (χ2v) is 7.52. The predicted molar refractivity (Wildman–Crippen MR) is 77.9 cm³/mol. The highest BCUT2D eigenvalue weighted by Gasteiger charge is 2.26. The predicted octanol–water partition coefficient (Wildman–Crippen LogP) is 0.913. The number of nitrogens with zero attached hydrogens (tertiary/aromatic N) is 3. The Hall–Kier alpha value is -0.920. The lowest BCUT2D eigenvalue weighted by Crippen LogP contribution is -2.31. The maximum atomic E-state index is 12.5. The lowest BCUT2D eigenvalue weighted by molar-refractivity contribution is 0.387. The van der Waals surface area contributed by atoms with Crippen LogP contribution in [0.2, 0.25) is 0 Å². The van der Waals surface area contributed by atoms with Crippen LogP contribution < -0.4 is 5.32 Å². The summed E-state index contributed by atoms with van der Waals surface area (Å²) in [5, 5.41) is 7.12. The molecule has 1 heterocycles. The van der Waals surface area contributed by atoms with Gasteiger partial charge < -0.3 is 5.32 Å². The van der Waals surface area contributed by atoms with Gasteiger partial charge in [-0.25, -0.2) is 12.7 Å². The smallest absolute Gasteiger partial charge is 0.245 e. The first-order valence-electron chi connectivity index (χ1n) is 7.17. The summed E-state index contributed by atoms with van der Waals surface area (Å²) in [6, 6.07) is 0. The normalized spacial score (nSPS) is 17.1. The Balaban J connectivity index is 2.02. The lowest BCUT2D eigenvalue weighted by Gasteiger charge is -2.19. The minimum Gasteiger partial charge on any atom is -0.318 e. The van der Waals surface area contributed by atoms with Gasteiger partial charge >= 0.3 is 0 Å². The topological polar surface area (TPSA) is 67.2 Å². The van der Waals surface area contributed by atoms with Gasteiger partial charge in [0.1, 0.15) is 4.90 Å². The first-order chi connectivity index (χ1) is 9.54. The maximum Gasteiger partial charge on any atom is 0.245 e. The van der Waals surface area contributed by atoms with E-state index in [1.807, 2.05) is 7.05 Å². The van der Waals surface area contributed by atoms with Crippen molar-refractivity contribution in [1.82, 2.24) is 19.4 Å². The molecule has 1 aromatic heterocycles. The van der Waals surface area contributed by atoms with E-state index >= 15 is 0 Å². The van der Waals surface area contributed by atoms with E-state index in [2.05, 4.69) is 10.4 Å². The number of rotatable bonds is 7. The largest absolute Gasteiger partial charge is 0.318 e. The molecule has 1 aromatic rings. The third kappa shape index (κ3) is 3.59. The minimum absolute atomic E-state index is 0.286. The quantitative estimate of drug-likeness (QED) is 0.813. The molecule has 0 atom stereocenters. The van der Waals surface area contributed by atoms with Crippen LogP contribution in [0.4, 0.5) is 0 Å². The molecule has 0 bridgehead atoms. The van der Waals surface area contributed by atoms with Gasteiger partial charge in [0.05, 0.1) is 12.7 Å². The Morgan fingerprint density at radius 3 is 2.80 bits per heavy atom. The molecule has 114 valence electrons. The first-order valence-corrected chi connectivity index (χ1v) is 8.61. The molecule has 0 spiro atoms. The number of likely N-dealkylation sites (N-methyl/N-ethyl adjacent to an activating group) is 1. The van der Waals surface area contributed by atoms with Crippen molar-refractivity contribution in [3.8, 4) is 0 Å². The van der Waals surface area contributed by atoms with Crippen LogP contribution in [0.5, 0.6) is 0 Å². The fourth-order valence-corrected chi connectivity index (χ4v) is 3.86. The third-order valence-corrected chi connectivity index (χ3v) is 5.67. The van der Waals surface area contributed by atoms with Crippen LogP contribution in [0.3, 0.4) is 0 Å². The highest BCUT2D eigenvalue weighted by atomic mass is 32.2. The molecular formula is C13H24N4O2S. The van der Waals surface area contributed by atoms with E-state index in [4.69, 9.17) is 0 Å². The van der Waals surface area contributed by atoms with Crippen molar-refractivity contribution >= 4 is 10.0 Å². The van der Waals surface area contributed by atoms with Crippen molar-refractivity contribution in [2.75, 3.05) is 27.2 Å². The molecule has 1 N–H and O–H groups in total. The average Bonchev–Trinajstić information content (AvgIpc) is 3.07. The second kappa shape index (κ2) is 6.69. The van der Waals surface area contributed by atoms with E-state index < -0.39 is 10.0 Å². The van der Waals surface area contributed by atoms with Crippen molar-refractivity contribution in [1.29, 1.82) is 0 Å². The molecular weight excluding hydrogens is 276 g/mol.